The number of nitrogens with one attached hydrogen (secondary N) is 1. The molecule has 2 aromatic rings. The van der Waals surface area contributed by atoms with Crippen molar-refractivity contribution >= 4 is 46.5 Å². The van der Waals surface area contributed by atoms with Crippen LogP contribution in [0, 0.1) is 10.1 Å². The number of amides is 1. The van der Waals surface area contributed by atoms with Crippen LogP contribution in [0.5, 0.6) is 5.75 Å². The molecule has 0 aliphatic heterocycles. The minimum Gasteiger partial charge on any atom is -0.475 e. The lowest BCUT2D eigenvalue weighted by Gasteiger charge is -2.08. The Labute approximate surface area is 157 Å². The predicted molar refractivity (Wildman–Crippen MR) is 94.6 cm³/mol. The molecule has 2 aromatic carbocycles. The summed E-state index contributed by atoms with van der Waals surface area (Å²) >= 11 is 11.6. The maximum atomic E-state index is 11.8. The molecule has 0 heterocycles. The van der Waals surface area contributed by atoms with Gasteiger partial charge in [0.15, 0.2) is 19.0 Å². The number of nitro benzene ring substituents is 1. The lowest BCUT2D eigenvalue weighted by Crippen LogP contribution is -2.23. The van der Waals surface area contributed by atoms with Gasteiger partial charge in [0, 0.05) is 21.8 Å². The van der Waals surface area contributed by atoms with E-state index in [0.717, 1.165) is 0 Å². The van der Waals surface area contributed by atoms with Crippen LogP contribution in [0.2, 0.25) is 10.0 Å². The van der Waals surface area contributed by atoms with Crippen molar-refractivity contribution in [1.29, 1.82) is 0 Å². The molecule has 0 aliphatic carbocycles. The highest BCUT2D eigenvalue weighted by Crippen LogP contribution is 2.25. The highest BCUT2D eigenvalue weighted by atomic mass is 35.5. The highest BCUT2D eigenvalue weighted by molar-refractivity contribution is 6.35. The molecule has 0 fully saturated rings. The van der Waals surface area contributed by atoms with Crippen molar-refractivity contribution in [3.63, 3.8) is 0 Å². The van der Waals surface area contributed by atoms with Gasteiger partial charge in [-0.25, -0.2) is 4.79 Å². The third kappa shape index (κ3) is 5.91. The summed E-state index contributed by atoms with van der Waals surface area (Å²) in [6.45, 7) is -1.15. The number of nitrogens with zero attached hydrogens (tertiary/aromatic N) is 1. The van der Waals surface area contributed by atoms with Crippen LogP contribution in [0.1, 0.15) is 0 Å². The Balaban J connectivity index is 1.81. The summed E-state index contributed by atoms with van der Waals surface area (Å²) < 4.78 is 9.81. The number of esters is 1. The number of carbonyl (C=O) groups is 2. The van der Waals surface area contributed by atoms with Crippen LogP contribution in [0.3, 0.4) is 0 Å². The first-order valence-corrected chi connectivity index (χ1v) is 7.88. The van der Waals surface area contributed by atoms with Gasteiger partial charge in [0.2, 0.25) is 0 Å². The lowest BCUT2D eigenvalue weighted by atomic mass is 10.3. The first-order valence-electron chi connectivity index (χ1n) is 7.13. The number of para-hydroxylation sites is 2. The third-order valence-electron chi connectivity index (χ3n) is 2.92. The van der Waals surface area contributed by atoms with E-state index in [9.17, 15) is 19.7 Å². The van der Waals surface area contributed by atoms with Gasteiger partial charge in [-0.2, -0.15) is 0 Å². The Hall–Kier alpha value is -2.84. The molecule has 2 rings (SSSR count). The molecule has 1 amide bonds. The van der Waals surface area contributed by atoms with Gasteiger partial charge in [-0.3, -0.25) is 14.9 Å². The Morgan fingerprint density at radius 2 is 1.73 bits per heavy atom. The molecule has 26 heavy (non-hydrogen) atoms. The first kappa shape index (κ1) is 19.5. The Morgan fingerprint density at radius 3 is 2.38 bits per heavy atom. The first-order chi connectivity index (χ1) is 12.3. The molecular formula is C16H12Cl2N2O6. The molecule has 0 radical (unpaired) electrons. The molecule has 136 valence electrons. The minimum atomic E-state index is -0.859. The molecule has 0 bridgehead atoms. The fraction of sp³-hybridized carbons (Fsp3) is 0.125. The molecule has 0 atom stereocenters. The van der Waals surface area contributed by atoms with Gasteiger partial charge in [-0.05, 0) is 24.3 Å². The number of halogens is 2. The summed E-state index contributed by atoms with van der Waals surface area (Å²) in [7, 11) is 0. The molecule has 10 heteroatoms. The van der Waals surface area contributed by atoms with Crippen molar-refractivity contribution in [3.8, 4) is 5.75 Å². The van der Waals surface area contributed by atoms with Gasteiger partial charge in [-0.1, -0.05) is 35.3 Å². The van der Waals surface area contributed by atoms with Gasteiger partial charge in [0.1, 0.15) is 0 Å². The average molecular weight is 399 g/mol. The van der Waals surface area contributed by atoms with Gasteiger partial charge in [-0.15, -0.1) is 0 Å². The lowest BCUT2D eigenvalue weighted by molar-refractivity contribution is -0.385. The topological polar surface area (TPSA) is 108 Å². The number of nitro groups is 1. The predicted octanol–water partition coefficient (Wildman–Crippen LogP) is 3.46. The summed E-state index contributed by atoms with van der Waals surface area (Å²) in [4.78, 5) is 33.6. The standard InChI is InChI=1S/C16H12Cl2N2O6/c17-10-5-11(18)7-12(6-10)19-15(21)8-26-16(22)9-25-14-4-2-1-3-13(14)20(23)24/h1-7H,8-9H2,(H,19,21). The Kier molecular flexibility index (Phi) is 6.76. The second kappa shape index (κ2) is 9.02. The van der Waals surface area contributed by atoms with Crippen molar-refractivity contribution in [2.75, 3.05) is 18.5 Å². The van der Waals surface area contributed by atoms with Crippen molar-refractivity contribution in [3.05, 3.63) is 62.6 Å². The van der Waals surface area contributed by atoms with Crippen molar-refractivity contribution < 1.29 is 24.0 Å². The number of benzene rings is 2. The van der Waals surface area contributed by atoms with Crippen LogP contribution in [-0.4, -0.2) is 30.0 Å². The third-order valence-corrected chi connectivity index (χ3v) is 3.35. The number of anilines is 1. The van der Waals surface area contributed by atoms with Crippen LogP contribution < -0.4 is 10.1 Å². The molecule has 0 spiro atoms. The van der Waals surface area contributed by atoms with Crippen LogP contribution in [0.15, 0.2) is 42.5 Å². The second-order valence-corrected chi connectivity index (χ2v) is 5.75. The Morgan fingerprint density at radius 1 is 1.08 bits per heavy atom. The molecule has 0 saturated heterocycles. The van der Waals surface area contributed by atoms with E-state index in [1.165, 1.54) is 42.5 Å². The van der Waals surface area contributed by atoms with E-state index in [4.69, 9.17) is 32.7 Å². The van der Waals surface area contributed by atoms with E-state index in [2.05, 4.69) is 5.32 Å². The van der Waals surface area contributed by atoms with Crippen LogP contribution in [-0.2, 0) is 14.3 Å². The molecular weight excluding hydrogens is 387 g/mol. The smallest absolute Gasteiger partial charge is 0.344 e. The quantitative estimate of drug-likeness (QED) is 0.434. The zero-order valence-electron chi connectivity index (χ0n) is 13.1. The van der Waals surface area contributed by atoms with Crippen molar-refractivity contribution in [2.24, 2.45) is 0 Å². The number of rotatable bonds is 7. The van der Waals surface area contributed by atoms with E-state index in [0.29, 0.717) is 15.7 Å². The maximum absolute atomic E-state index is 11.8. The maximum Gasteiger partial charge on any atom is 0.344 e. The second-order valence-electron chi connectivity index (χ2n) is 4.88. The van der Waals surface area contributed by atoms with Crippen LogP contribution in [0.25, 0.3) is 0 Å². The fourth-order valence-corrected chi connectivity index (χ4v) is 2.40. The van der Waals surface area contributed by atoms with E-state index in [1.807, 2.05) is 0 Å². The SMILES string of the molecule is O=C(COC(=O)COc1ccccc1[N+](=O)[O-])Nc1cc(Cl)cc(Cl)c1. The summed E-state index contributed by atoms with van der Waals surface area (Å²) in [5.74, 6) is -1.54. The van der Waals surface area contributed by atoms with E-state index >= 15 is 0 Å². The van der Waals surface area contributed by atoms with Gasteiger partial charge in [0.25, 0.3) is 5.91 Å². The fourth-order valence-electron chi connectivity index (χ4n) is 1.88. The summed E-state index contributed by atoms with van der Waals surface area (Å²) in [5.41, 5.74) is 0.0654. The van der Waals surface area contributed by atoms with Gasteiger partial charge in [0.05, 0.1) is 4.92 Å². The van der Waals surface area contributed by atoms with Crippen LogP contribution >= 0.6 is 23.2 Å². The monoisotopic (exact) mass is 398 g/mol. The van der Waals surface area contributed by atoms with Crippen LogP contribution in [0.4, 0.5) is 11.4 Å². The summed E-state index contributed by atoms with van der Waals surface area (Å²) in [6, 6.07) is 10.0. The molecule has 0 aromatic heterocycles. The van der Waals surface area contributed by atoms with Gasteiger partial charge >= 0.3 is 11.7 Å². The van der Waals surface area contributed by atoms with E-state index < -0.39 is 30.0 Å². The van der Waals surface area contributed by atoms with E-state index in [1.54, 1.807) is 0 Å². The van der Waals surface area contributed by atoms with Crippen molar-refractivity contribution in [1.82, 2.24) is 0 Å². The molecule has 0 unspecified atom stereocenters. The zero-order valence-corrected chi connectivity index (χ0v) is 14.6. The normalized spacial score (nSPS) is 10.1. The number of ether oxygens (including phenoxy) is 2. The average Bonchev–Trinajstić information content (AvgIpc) is 2.57. The molecule has 1 N–H and O–H groups in total. The summed E-state index contributed by atoms with van der Waals surface area (Å²) in [5, 5.41) is 14.0. The molecule has 0 saturated carbocycles. The number of hydrogen-bond donors (Lipinski definition) is 1. The van der Waals surface area contributed by atoms with Crippen molar-refractivity contribution in [2.45, 2.75) is 0 Å². The number of carbonyl (C=O) groups excluding carboxylic acids is 2. The van der Waals surface area contributed by atoms with Gasteiger partial charge < -0.3 is 14.8 Å². The highest BCUT2D eigenvalue weighted by Gasteiger charge is 2.16. The number of hydrogen-bond acceptors (Lipinski definition) is 6. The molecule has 0 aliphatic rings. The Bertz CT molecular complexity index is 823. The largest absolute Gasteiger partial charge is 0.475 e. The zero-order chi connectivity index (χ0) is 19.1. The van der Waals surface area contributed by atoms with E-state index in [-0.39, 0.29) is 11.4 Å². The summed E-state index contributed by atoms with van der Waals surface area (Å²) in [6.07, 6.45) is 0. The molecule has 8 nitrogen and oxygen atoms in total. The minimum absolute atomic E-state index is 0.0764.